The second-order valence-corrected chi connectivity index (χ2v) is 7.85. The molecule has 1 N–H and O–H groups in total. The number of hydrogen-bond acceptors (Lipinski definition) is 7. The Morgan fingerprint density at radius 2 is 1.82 bits per heavy atom. The van der Waals surface area contributed by atoms with Crippen LogP contribution < -0.4 is 10.2 Å². The maximum atomic E-state index is 12.1. The zero-order chi connectivity index (χ0) is 23.8. The van der Waals surface area contributed by atoms with E-state index in [2.05, 4.69) is 6.58 Å². The van der Waals surface area contributed by atoms with Gasteiger partial charge in [0.15, 0.2) is 12.0 Å². The molecule has 0 spiro atoms. The zero-order valence-corrected chi connectivity index (χ0v) is 17.9. The van der Waals surface area contributed by atoms with E-state index in [1.165, 1.54) is 18.2 Å². The van der Waals surface area contributed by atoms with Crippen LogP contribution in [0.2, 0.25) is 0 Å². The van der Waals surface area contributed by atoms with Gasteiger partial charge in [0, 0.05) is 35.1 Å². The zero-order valence-electron chi connectivity index (χ0n) is 17.9. The summed E-state index contributed by atoms with van der Waals surface area (Å²) in [6, 6.07) is 16.4. The summed E-state index contributed by atoms with van der Waals surface area (Å²) in [7, 11) is 0. The lowest BCUT2D eigenvalue weighted by atomic mass is 9.94. The maximum absolute atomic E-state index is 12.1. The number of amides is 1. The minimum absolute atomic E-state index is 0.0506. The third-order valence-electron chi connectivity index (χ3n) is 5.51. The lowest BCUT2D eigenvalue weighted by molar-refractivity contribution is -0.188. The third kappa shape index (κ3) is 3.97. The van der Waals surface area contributed by atoms with E-state index in [9.17, 15) is 19.5 Å². The molecule has 2 aliphatic heterocycles. The van der Waals surface area contributed by atoms with Gasteiger partial charge in [-0.15, -0.1) is 5.06 Å². The van der Waals surface area contributed by atoms with Crippen LogP contribution in [0.4, 0.5) is 0 Å². The number of ether oxygens (including phenoxy) is 1. The van der Waals surface area contributed by atoms with E-state index in [0.29, 0.717) is 29.2 Å². The molecule has 2 heterocycles. The third-order valence-corrected chi connectivity index (χ3v) is 5.51. The van der Waals surface area contributed by atoms with Crippen LogP contribution in [-0.4, -0.2) is 28.7 Å². The molecule has 3 aliphatic rings. The van der Waals surface area contributed by atoms with Crippen LogP contribution in [-0.2, 0) is 14.4 Å². The van der Waals surface area contributed by atoms with Gasteiger partial charge in [0.1, 0.15) is 22.8 Å². The van der Waals surface area contributed by atoms with Gasteiger partial charge in [-0.3, -0.25) is 9.59 Å². The van der Waals surface area contributed by atoms with Crippen LogP contribution in [0.25, 0.3) is 33.4 Å². The van der Waals surface area contributed by atoms with Gasteiger partial charge in [0.25, 0.3) is 5.91 Å². The summed E-state index contributed by atoms with van der Waals surface area (Å²) in [5.74, 6) is -0.137. The van der Waals surface area contributed by atoms with Crippen LogP contribution in [0.1, 0.15) is 12.8 Å². The molecule has 2 aromatic rings. The van der Waals surface area contributed by atoms with Gasteiger partial charge < -0.3 is 19.1 Å². The largest absolute Gasteiger partial charge is 0.508 e. The highest BCUT2D eigenvalue weighted by Gasteiger charge is 2.28. The van der Waals surface area contributed by atoms with Gasteiger partial charge in [-0.05, 0) is 48.4 Å². The number of nitrogens with zero attached hydrogens (tertiary/aromatic N) is 1. The number of phenols is 1. The number of carbonyl (C=O) groups excluding carboxylic acids is 2. The normalized spacial score (nSPS) is 13.6. The predicted octanol–water partition coefficient (Wildman–Crippen LogP) is 4.24. The molecule has 1 fully saturated rings. The number of rotatable bonds is 5. The second-order valence-electron chi connectivity index (χ2n) is 7.85. The molecule has 1 saturated heterocycles. The average molecular weight is 457 g/mol. The summed E-state index contributed by atoms with van der Waals surface area (Å²) in [4.78, 5) is 40.7. The molecule has 2 aromatic carbocycles. The van der Waals surface area contributed by atoms with E-state index in [0.717, 1.165) is 27.1 Å². The predicted molar refractivity (Wildman–Crippen MR) is 123 cm³/mol. The molecule has 0 radical (unpaired) electrons. The topological polar surface area (TPSA) is 106 Å². The molecule has 0 atom stereocenters. The summed E-state index contributed by atoms with van der Waals surface area (Å²) in [6.45, 7) is 3.32. The monoisotopic (exact) mass is 457 g/mol. The number of hydroxylamine groups is 2. The smallest absolute Gasteiger partial charge is 0.370 e. The van der Waals surface area contributed by atoms with Crippen molar-refractivity contribution in [3.05, 3.63) is 83.2 Å². The maximum Gasteiger partial charge on any atom is 0.370 e. The molecule has 0 unspecified atom stereocenters. The molecule has 5 rings (SSSR count). The molecule has 8 heteroatoms. The van der Waals surface area contributed by atoms with Gasteiger partial charge >= 0.3 is 5.97 Å². The highest BCUT2D eigenvalue weighted by atomic mass is 16.7. The minimum Gasteiger partial charge on any atom is -0.508 e. The van der Waals surface area contributed by atoms with E-state index in [4.69, 9.17) is 14.0 Å². The van der Waals surface area contributed by atoms with Crippen LogP contribution in [0.15, 0.2) is 82.2 Å². The van der Waals surface area contributed by atoms with Crippen molar-refractivity contribution in [1.29, 1.82) is 0 Å². The Morgan fingerprint density at radius 1 is 1.03 bits per heavy atom. The fourth-order valence-corrected chi connectivity index (χ4v) is 3.90. The van der Waals surface area contributed by atoms with Crippen molar-refractivity contribution in [3.8, 4) is 33.9 Å². The molecule has 34 heavy (non-hydrogen) atoms. The van der Waals surface area contributed by atoms with Gasteiger partial charge in [-0.2, -0.15) is 0 Å². The Kier molecular flexibility index (Phi) is 5.25. The highest BCUT2D eigenvalue weighted by molar-refractivity contribution is 6.02. The quantitative estimate of drug-likeness (QED) is 0.447. The fraction of sp³-hybridized carbons (Fsp3) is 0.115. The lowest BCUT2D eigenvalue weighted by Gasteiger charge is -2.16. The minimum atomic E-state index is -0.713. The molecule has 0 aromatic heterocycles. The van der Waals surface area contributed by atoms with E-state index >= 15 is 0 Å². The highest BCUT2D eigenvalue weighted by Crippen LogP contribution is 2.40. The number of allylic oxidation sites excluding steroid dienone is 1. The standard InChI is InChI=1S/C26H19NO7/c1-15-2-11-24(30)27(15)34-25(31)14-32-19-7-3-16(4-8-19)26-20-9-5-17(28)12-22(20)33-23-13-18(29)6-10-21(23)26/h3-10,12-13,28H,1-2,11,14H2. The lowest BCUT2D eigenvalue weighted by Crippen LogP contribution is -2.29. The van der Waals surface area contributed by atoms with Crippen LogP contribution in [0.5, 0.6) is 11.5 Å². The van der Waals surface area contributed by atoms with Crippen LogP contribution >= 0.6 is 0 Å². The summed E-state index contributed by atoms with van der Waals surface area (Å²) in [6.07, 6.45) is 0.723. The summed E-state index contributed by atoms with van der Waals surface area (Å²) in [5, 5.41) is 11.5. The van der Waals surface area contributed by atoms with Gasteiger partial charge in [0.2, 0.25) is 0 Å². The molecule has 1 aliphatic carbocycles. The number of benzene rings is 3. The van der Waals surface area contributed by atoms with E-state index < -0.39 is 5.97 Å². The van der Waals surface area contributed by atoms with E-state index in [-0.39, 0.29) is 30.1 Å². The summed E-state index contributed by atoms with van der Waals surface area (Å²) >= 11 is 0. The second kappa shape index (κ2) is 8.40. The number of fused-ring (bicyclic) bond motifs is 2. The number of phenolic OH excluding ortho intramolecular Hbond substituents is 1. The number of carbonyl (C=O) groups is 2. The molecular weight excluding hydrogens is 438 g/mol. The molecular formula is C26H19NO7. The first-order chi connectivity index (χ1) is 16.4. The van der Waals surface area contributed by atoms with Crippen molar-refractivity contribution in [1.82, 2.24) is 5.06 Å². The van der Waals surface area contributed by atoms with Gasteiger partial charge in [0.05, 0.1) is 5.70 Å². The molecule has 0 bridgehead atoms. The summed E-state index contributed by atoms with van der Waals surface area (Å²) < 4.78 is 11.4. The fourth-order valence-electron chi connectivity index (χ4n) is 3.90. The average Bonchev–Trinajstić information content (AvgIpc) is 3.13. The Bertz CT molecular complexity index is 1450. The molecule has 1 amide bonds. The Morgan fingerprint density at radius 3 is 2.56 bits per heavy atom. The number of aromatic hydroxyl groups is 1. The SMILES string of the molecule is C=C1CCC(=O)N1OC(=O)COc1ccc(-c2c3ccc(=O)cc-3oc3cc(O)ccc23)cc1. The first kappa shape index (κ1) is 21.3. The van der Waals surface area contributed by atoms with Crippen molar-refractivity contribution in [2.24, 2.45) is 0 Å². The van der Waals surface area contributed by atoms with Crippen molar-refractivity contribution >= 4 is 22.8 Å². The molecule has 170 valence electrons. The summed E-state index contributed by atoms with van der Waals surface area (Å²) in [5.41, 5.74) is 3.09. The first-order valence-electron chi connectivity index (χ1n) is 10.5. The van der Waals surface area contributed by atoms with E-state index in [1.807, 2.05) is 12.1 Å². The Labute approximate surface area is 193 Å². The first-order valence-corrected chi connectivity index (χ1v) is 10.5. The molecule has 0 saturated carbocycles. The Hall–Kier alpha value is -4.59. The van der Waals surface area contributed by atoms with Crippen molar-refractivity contribution in [3.63, 3.8) is 0 Å². The van der Waals surface area contributed by atoms with Gasteiger partial charge in [-0.1, -0.05) is 18.7 Å². The van der Waals surface area contributed by atoms with Crippen molar-refractivity contribution in [2.45, 2.75) is 12.8 Å². The number of hydrogen-bond donors (Lipinski definition) is 1. The molecule has 8 nitrogen and oxygen atoms in total. The van der Waals surface area contributed by atoms with Crippen molar-refractivity contribution < 1.29 is 28.7 Å². The van der Waals surface area contributed by atoms with Crippen LogP contribution in [0.3, 0.4) is 0 Å². The van der Waals surface area contributed by atoms with E-state index in [1.54, 1.807) is 30.3 Å². The van der Waals surface area contributed by atoms with Crippen LogP contribution in [0, 0.1) is 0 Å². The Balaban J connectivity index is 1.40. The van der Waals surface area contributed by atoms with Gasteiger partial charge in [-0.25, -0.2) is 4.79 Å². The van der Waals surface area contributed by atoms with Crippen molar-refractivity contribution in [2.75, 3.05) is 6.61 Å².